The normalized spacial score (nSPS) is 20.2. The molecule has 2 fully saturated rings. The molecule has 1 aliphatic heterocycles. The van der Waals surface area contributed by atoms with Gasteiger partial charge >= 0.3 is 12.1 Å². The van der Waals surface area contributed by atoms with Crippen LogP contribution < -0.4 is 16.0 Å². The van der Waals surface area contributed by atoms with Crippen LogP contribution in [-0.4, -0.2) is 55.2 Å². The average Bonchev–Trinajstić information content (AvgIpc) is 3.20. The van der Waals surface area contributed by atoms with Crippen LogP contribution in [0.3, 0.4) is 0 Å². The van der Waals surface area contributed by atoms with Crippen LogP contribution in [0.4, 0.5) is 4.79 Å². The Kier molecular flexibility index (Phi) is 9.12. The first-order chi connectivity index (χ1) is 16.7. The number of amides is 3. The van der Waals surface area contributed by atoms with E-state index in [-0.39, 0.29) is 24.2 Å². The van der Waals surface area contributed by atoms with Gasteiger partial charge in [0, 0.05) is 18.9 Å². The van der Waals surface area contributed by atoms with Gasteiger partial charge < -0.3 is 25.4 Å². The molecule has 9 heteroatoms. The molecule has 3 atom stereocenters. The summed E-state index contributed by atoms with van der Waals surface area (Å²) < 4.78 is 10.7. The van der Waals surface area contributed by atoms with Gasteiger partial charge in [-0.05, 0) is 50.0 Å². The van der Waals surface area contributed by atoms with Gasteiger partial charge in [-0.1, -0.05) is 44.2 Å². The van der Waals surface area contributed by atoms with Crippen LogP contribution in [0.5, 0.6) is 0 Å². The number of alkyl carbamates (subject to hydrolysis) is 1. The molecule has 1 aliphatic carbocycles. The van der Waals surface area contributed by atoms with Crippen LogP contribution in [0.25, 0.3) is 0 Å². The number of hydrogen-bond acceptors (Lipinski definition) is 6. The van der Waals surface area contributed by atoms with Crippen molar-refractivity contribution in [3.8, 4) is 0 Å². The fourth-order valence-electron chi connectivity index (χ4n) is 4.71. The average molecular weight is 488 g/mol. The van der Waals surface area contributed by atoms with Crippen LogP contribution in [0.15, 0.2) is 30.3 Å². The summed E-state index contributed by atoms with van der Waals surface area (Å²) in [6.45, 7) is 4.42. The van der Waals surface area contributed by atoms with Gasteiger partial charge in [-0.15, -0.1) is 0 Å². The predicted molar refractivity (Wildman–Crippen MR) is 129 cm³/mol. The lowest BCUT2D eigenvalue weighted by Gasteiger charge is -2.41. The molecule has 3 rings (SSSR count). The summed E-state index contributed by atoms with van der Waals surface area (Å²) in [6, 6.07) is 8.00. The smallest absolute Gasteiger partial charge is 0.408 e. The molecule has 1 saturated carbocycles. The third-order valence-electron chi connectivity index (χ3n) is 6.74. The van der Waals surface area contributed by atoms with Crippen molar-refractivity contribution >= 4 is 23.9 Å². The minimum atomic E-state index is -0.982. The number of carbonyl (C=O) groups is 4. The van der Waals surface area contributed by atoms with E-state index < -0.39 is 35.7 Å². The minimum absolute atomic E-state index is 0.102. The topological polar surface area (TPSA) is 123 Å². The zero-order chi connectivity index (χ0) is 25.4. The van der Waals surface area contributed by atoms with Crippen molar-refractivity contribution in [2.75, 3.05) is 13.7 Å². The predicted octanol–water partition coefficient (Wildman–Crippen LogP) is 2.48. The standard InChI is InChI=1S/C26H37N3O6/c1-17(2)14-20(23(31)28-21(24(32)34-3)15-19-10-13-27-22(19)30)29-25(33)35-26(11-7-12-26)16-18-8-5-4-6-9-18/h4-6,8-9,17,19-21H,7,10-16H2,1-3H3,(H,27,30)(H,28,31)(H,29,33). The molecule has 0 spiro atoms. The van der Waals surface area contributed by atoms with E-state index >= 15 is 0 Å². The third-order valence-corrected chi connectivity index (χ3v) is 6.74. The molecule has 3 amide bonds. The van der Waals surface area contributed by atoms with E-state index in [2.05, 4.69) is 16.0 Å². The van der Waals surface area contributed by atoms with Crippen molar-refractivity contribution in [2.24, 2.45) is 11.8 Å². The van der Waals surface area contributed by atoms with Crippen LogP contribution in [0.1, 0.15) is 57.9 Å². The van der Waals surface area contributed by atoms with E-state index in [4.69, 9.17) is 9.47 Å². The number of esters is 1. The summed E-state index contributed by atoms with van der Waals surface area (Å²) in [7, 11) is 1.24. The third kappa shape index (κ3) is 7.44. The monoisotopic (exact) mass is 487 g/mol. The number of carbonyl (C=O) groups excluding carboxylic acids is 4. The first kappa shape index (κ1) is 26.5. The quantitative estimate of drug-likeness (QED) is 0.412. The molecule has 0 aromatic heterocycles. The van der Waals surface area contributed by atoms with Crippen LogP contribution >= 0.6 is 0 Å². The van der Waals surface area contributed by atoms with Crippen molar-refractivity contribution in [3.63, 3.8) is 0 Å². The van der Waals surface area contributed by atoms with Crippen molar-refractivity contribution < 1.29 is 28.7 Å². The molecule has 0 bridgehead atoms. The summed E-state index contributed by atoms with van der Waals surface area (Å²) in [5.41, 5.74) is 0.516. The van der Waals surface area contributed by atoms with E-state index in [1.165, 1.54) is 7.11 Å². The highest BCUT2D eigenvalue weighted by atomic mass is 16.6. The summed E-state index contributed by atoms with van der Waals surface area (Å²) in [4.78, 5) is 50.3. The molecule has 1 heterocycles. The second kappa shape index (κ2) is 12.0. The van der Waals surface area contributed by atoms with Crippen LogP contribution in [0.2, 0.25) is 0 Å². The molecule has 35 heavy (non-hydrogen) atoms. The Bertz CT molecular complexity index is 900. The molecule has 9 nitrogen and oxygen atoms in total. The number of rotatable bonds is 11. The second-order valence-electron chi connectivity index (χ2n) is 10.0. The van der Waals surface area contributed by atoms with E-state index in [0.29, 0.717) is 25.8 Å². The van der Waals surface area contributed by atoms with Gasteiger partial charge in [0.05, 0.1) is 7.11 Å². The first-order valence-corrected chi connectivity index (χ1v) is 12.4. The zero-order valence-corrected chi connectivity index (χ0v) is 20.8. The molecule has 1 aromatic carbocycles. The van der Waals surface area contributed by atoms with Crippen molar-refractivity contribution in [1.82, 2.24) is 16.0 Å². The summed E-state index contributed by atoms with van der Waals surface area (Å²) in [5, 5.41) is 8.14. The van der Waals surface area contributed by atoms with Crippen molar-refractivity contribution in [1.29, 1.82) is 0 Å². The van der Waals surface area contributed by atoms with Gasteiger partial charge in [0.15, 0.2) is 0 Å². The number of hydrogen-bond donors (Lipinski definition) is 3. The molecule has 192 valence electrons. The lowest BCUT2D eigenvalue weighted by atomic mass is 9.76. The molecule has 3 N–H and O–H groups in total. The molecule has 2 aliphatic rings. The maximum Gasteiger partial charge on any atom is 0.408 e. The van der Waals surface area contributed by atoms with Crippen molar-refractivity contribution in [3.05, 3.63) is 35.9 Å². The maximum atomic E-state index is 13.2. The van der Waals surface area contributed by atoms with Gasteiger partial charge in [0.2, 0.25) is 11.8 Å². The Morgan fingerprint density at radius 2 is 1.83 bits per heavy atom. The minimum Gasteiger partial charge on any atom is -0.467 e. The van der Waals surface area contributed by atoms with Gasteiger partial charge in [-0.2, -0.15) is 0 Å². The SMILES string of the molecule is COC(=O)C(CC1CCNC1=O)NC(=O)C(CC(C)C)NC(=O)OC1(Cc2ccccc2)CCC1. The molecular weight excluding hydrogens is 450 g/mol. The number of ether oxygens (including phenoxy) is 2. The Balaban J connectivity index is 1.64. The highest BCUT2D eigenvalue weighted by Gasteiger charge is 2.42. The van der Waals surface area contributed by atoms with Crippen molar-refractivity contribution in [2.45, 2.75) is 76.5 Å². The maximum absolute atomic E-state index is 13.2. The number of nitrogens with one attached hydrogen (secondary N) is 3. The molecule has 3 unspecified atom stereocenters. The fraction of sp³-hybridized carbons (Fsp3) is 0.615. The lowest BCUT2D eigenvalue weighted by molar-refractivity contribution is -0.146. The molecule has 1 saturated heterocycles. The highest BCUT2D eigenvalue weighted by Crippen LogP contribution is 2.38. The van der Waals surface area contributed by atoms with Crippen LogP contribution in [0, 0.1) is 11.8 Å². The van der Waals surface area contributed by atoms with Crippen LogP contribution in [-0.2, 0) is 30.3 Å². The Morgan fingerprint density at radius 3 is 2.37 bits per heavy atom. The van der Waals surface area contributed by atoms with E-state index in [1.54, 1.807) is 0 Å². The summed E-state index contributed by atoms with van der Waals surface area (Å²) in [5.74, 6) is -1.55. The van der Waals surface area contributed by atoms with Gasteiger partial charge in [-0.25, -0.2) is 9.59 Å². The molecule has 0 radical (unpaired) electrons. The Hall–Kier alpha value is -3.10. The highest BCUT2D eigenvalue weighted by molar-refractivity contribution is 5.90. The van der Waals surface area contributed by atoms with Gasteiger partial charge in [0.25, 0.3) is 0 Å². The zero-order valence-electron chi connectivity index (χ0n) is 20.8. The van der Waals surface area contributed by atoms with E-state index in [1.807, 2.05) is 44.2 Å². The molecular formula is C26H37N3O6. The molecule has 1 aromatic rings. The second-order valence-corrected chi connectivity index (χ2v) is 10.0. The van der Waals surface area contributed by atoms with E-state index in [9.17, 15) is 19.2 Å². The van der Waals surface area contributed by atoms with Gasteiger partial charge in [-0.3, -0.25) is 9.59 Å². The summed E-state index contributed by atoms with van der Waals surface area (Å²) >= 11 is 0. The number of benzene rings is 1. The first-order valence-electron chi connectivity index (χ1n) is 12.4. The Labute approximate surface area is 206 Å². The summed E-state index contributed by atoms with van der Waals surface area (Å²) in [6.07, 6.45) is 3.58. The van der Waals surface area contributed by atoms with E-state index in [0.717, 1.165) is 24.8 Å². The largest absolute Gasteiger partial charge is 0.467 e. The Morgan fingerprint density at radius 1 is 1.11 bits per heavy atom. The van der Waals surface area contributed by atoms with Gasteiger partial charge in [0.1, 0.15) is 17.7 Å². The fourth-order valence-corrected chi connectivity index (χ4v) is 4.71. The number of methoxy groups -OCH3 is 1. The lowest BCUT2D eigenvalue weighted by Crippen LogP contribution is -2.54.